The monoisotopic (exact) mass is 241 g/mol. The van der Waals surface area contributed by atoms with E-state index in [1.807, 2.05) is 0 Å². The molecule has 0 aliphatic carbocycles. The Kier molecular flexibility index (Phi) is 4.00. The molecule has 1 heterocycles. The van der Waals surface area contributed by atoms with Crippen molar-refractivity contribution in [3.8, 4) is 0 Å². The standard InChI is InChI=1S/C10H15N3O2S/c1-10(2,3)15-9(14)12-16-13-6-4-8(11)5-7-13/h4-7,11H,1-3H3,(H,12,14). The highest BCUT2D eigenvalue weighted by Crippen LogP contribution is 2.08. The van der Waals surface area contributed by atoms with Gasteiger partial charge in [-0.3, -0.25) is 3.97 Å². The zero-order valence-electron chi connectivity index (χ0n) is 9.48. The summed E-state index contributed by atoms with van der Waals surface area (Å²) in [7, 11) is 0. The molecule has 2 N–H and O–H groups in total. The molecule has 0 saturated carbocycles. The largest absolute Gasteiger partial charge is 0.443 e. The Labute approximate surface area is 98.6 Å². The van der Waals surface area contributed by atoms with E-state index >= 15 is 0 Å². The van der Waals surface area contributed by atoms with E-state index in [1.54, 1.807) is 49.3 Å². The molecule has 1 amide bonds. The highest BCUT2D eigenvalue weighted by Gasteiger charge is 2.15. The van der Waals surface area contributed by atoms with Gasteiger partial charge in [-0.05, 0) is 32.9 Å². The van der Waals surface area contributed by atoms with Crippen LogP contribution in [-0.4, -0.2) is 15.7 Å². The molecule has 0 radical (unpaired) electrons. The number of hydrogen-bond acceptors (Lipinski definition) is 4. The van der Waals surface area contributed by atoms with Crippen molar-refractivity contribution >= 4 is 18.2 Å². The molecule has 0 aromatic carbocycles. The van der Waals surface area contributed by atoms with Gasteiger partial charge >= 0.3 is 6.09 Å². The number of nitrogens with zero attached hydrogens (tertiary/aromatic N) is 1. The second-order valence-electron chi connectivity index (χ2n) is 4.14. The zero-order chi connectivity index (χ0) is 12.2. The molecule has 1 aromatic heterocycles. The Morgan fingerprint density at radius 3 is 2.50 bits per heavy atom. The van der Waals surface area contributed by atoms with E-state index in [0.717, 1.165) is 12.1 Å². The summed E-state index contributed by atoms with van der Waals surface area (Å²) in [6.07, 6.45) is 2.88. The van der Waals surface area contributed by atoms with Crippen molar-refractivity contribution in [2.45, 2.75) is 26.4 Å². The lowest BCUT2D eigenvalue weighted by molar-refractivity contribution is 0.0574. The van der Waals surface area contributed by atoms with Crippen LogP contribution in [0, 0.1) is 5.41 Å². The Hall–Kier alpha value is -1.43. The third-order valence-electron chi connectivity index (χ3n) is 1.44. The topological polar surface area (TPSA) is 67.1 Å². The van der Waals surface area contributed by atoms with E-state index < -0.39 is 11.7 Å². The molecule has 88 valence electrons. The lowest BCUT2D eigenvalue weighted by Crippen LogP contribution is -2.29. The first-order valence-electron chi connectivity index (χ1n) is 4.76. The van der Waals surface area contributed by atoms with Gasteiger partial charge in [-0.1, -0.05) is 0 Å². The molecule has 1 aromatic rings. The number of carbonyl (C=O) groups excluding carboxylic acids is 1. The lowest BCUT2D eigenvalue weighted by Gasteiger charge is -2.19. The number of hydrogen-bond donors (Lipinski definition) is 2. The fourth-order valence-corrected chi connectivity index (χ4v) is 1.33. The van der Waals surface area contributed by atoms with E-state index in [4.69, 9.17) is 10.1 Å². The van der Waals surface area contributed by atoms with E-state index in [0.29, 0.717) is 5.36 Å². The molecular formula is C10H15N3O2S. The summed E-state index contributed by atoms with van der Waals surface area (Å²) in [6, 6.07) is 3.26. The second-order valence-corrected chi connectivity index (χ2v) is 4.95. The van der Waals surface area contributed by atoms with Gasteiger partial charge in [0.25, 0.3) is 0 Å². The van der Waals surface area contributed by atoms with Crippen LogP contribution in [0.25, 0.3) is 0 Å². The third-order valence-corrected chi connectivity index (χ3v) is 2.15. The van der Waals surface area contributed by atoms with Crippen molar-refractivity contribution in [1.82, 2.24) is 8.69 Å². The quantitative estimate of drug-likeness (QED) is 0.777. The lowest BCUT2D eigenvalue weighted by atomic mass is 10.2. The van der Waals surface area contributed by atoms with E-state index in [1.165, 1.54) is 0 Å². The number of rotatable bonds is 2. The fourth-order valence-electron chi connectivity index (χ4n) is 0.863. The molecule has 5 nitrogen and oxygen atoms in total. The smallest absolute Gasteiger partial charge is 0.419 e. The second kappa shape index (κ2) is 5.07. The molecule has 16 heavy (non-hydrogen) atoms. The molecule has 0 aliphatic rings. The van der Waals surface area contributed by atoms with Crippen molar-refractivity contribution in [1.29, 1.82) is 5.41 Å². The average Bonchev–Trinajstić information content (AvgIpc) is 2.14. The van der Waals surface area contributed by atoms with Gasteiger partial charge in [-0.2, -0.15) is 0 Å². The number of pyridine rings is 1. The van der Waals surface area contributed by atoms with Crippen LogP contribution < -0.4 is 10.1 Å². The number of aromatic nitrogens is 1. The average molecular weight is 241 g/mol. The summed E-state index contributed by atoms with van der Waals surface area (Å²) < 4.78 is 9.26. The molecule has 0 saturated heterocycles. The molecule has 0 unspecified atom stereocenters. The van der Waals surface area contributed by atoms with Crippen LogP contribution in [0.2, 0.25) is 0 Å². The summed E-state index contributed by atoms with van der Waals surface area (Å²) in [5.41, 5.74) is -0.500. The minimum absolute atomic E-state index is 0.425. The van der Waals surface area contributed by atoms with Gasteiger partial charge in [-0.25, -0.2) is 9.52 Å². The zero-order valence-corrected chi connectivity index (χ0v) is 10.3. The molecule has 0 bridgehead atoms. The van der Waals surface area contributed by atoms with Crippen LogP contribution in [0.1, 0.15) is 20.8 Å². The van der Waals surface area contributed by atoms with Gasteiger partial charge in [0, 0.05) is 12.4 Å². The SMILES string of the molecule is CC(C)(C)OC(=O)NSn1ccc(=N)cc1. The maximum Gasteiger partial charge on any atom is 0.419 e. The first-order valence-corrected chi connectivity index (χ1v) is 5.53. The number of amides is 1. The minimum Gasteiger partial charge on any atom is -0.443 e. The fraction of sp³-hybridized carbons (Fsp3) is 0.400. The number of ether oxygens (including phenoxy) is 1. The minimum atomic E-state index is -0.500. The number of nitrogens with one attached hydrogen (secondary N) is 2. The Morgan fingerprint density at radius 2 is 2.00 bits per heavy atom. The van der Waals surface area contributed by atoms with Crippen molar-refractivity contribution < 1.29 is 9.53 Å². The van der Waals surface area contributed by atoms with E-state index in [2.05, 4.69) is 4.72 Å². The predicted octanol–water partition coefficient (Wildman–Crippen LogP) is 1.90. The van der Waals surface area contributed by atoms with E-state index in [-0.39, 0.29) is 0 Å². The molecule has 1 rings (SSSR count). The van der Waals surface area contributed by atoms with Gasteiger partial charge in [0.05, 0.1) is 17.5 Å². The predicted molar refractivity (Wildman–Crippen MR) is 62.6 cm³/mol. The van der Waals surface area contributed by atoms with Gasteiger partial charge in [0.1, 0.15) is 5.60 Å². The van der Waals surface area contributed by atoms with Crippen molar-refractivity contribution in [2.75, 3.05) is 0 Å². The van der Waals surface area contributed by atoms with Gasteiger partial charge in [0.2, 0.25) is 0 Å². The maximum absolute atomic E-state index is 11.3. The van der Waals surface area contributed by atoms with Gasteiger partial charge in [-0.15, -0.1) is 0 Å². The third kappa shape index (κ3) is 4.88. The maximum atomic E-state index is 11.3. The summed E-state index contributed by atoms with van der Waals surface area (Å²) in [5.74, 6) is 0. The first-order chi connectivity index (χ1) is 7.37. The summed E-state index contributed by atoms with van der Waals surface area (Å²) in [4.78, 5) is 11.3. The first kappa shape index (κ1) is 12.6. The van der Waals surface area contributed by atoms with Crippen LogP contribution in [0.4, 0.5) is 4.79 Å². The highest BCUT2D eigenvalue weighted by atomic mass is 32.2. The van der Waals surface area contributed by atoms with Gasteiger partial charge < -0.3 is 10.1 Å². The molecule has 0 atom stereocenters. The Morgan fingerprint density at radius 1 is 1.44 bits per heavy atom. The van der Waals surface area contributed by atoms with Gasteiger partial charge in [0.15, 0.2) is 0 Å². The Balaban J connectivity index is 2.43. The molecule has 0 fully saturated rings. The molecule has 6 heteroatoms. The summed E-state index contributed by atoms with van der Waals surface area (Å²) in [6.45, 7) is 5.41. The van der Waals surface area contributed by atoms with Crippen molar-refractivity contribution in [3.63, 3.8) is 0 Å². The molecule has 0 spiro atoms. The van der Waals surface area contributed by atoms with Crippen LogP contribution in [-0.2, 0) is 4.74 Å². The normalized spacial score (nSPS) is 10.9. The van der Waals surface area contributed by atoms with E-state index in [9.17, 15) is 4.79 Å². The van der Waals surface area contributed by atoms with Crippen molar-refractivity contribution in [3.05, 3.63) is 29.9 Å². The van der Waals surface area contributed by atoms with Crippen molar-refractivity contribution in [2.24, 2.45) is 0 Å². The molecular weight excluding hydrogens is 226 g/mol. The van der Waals surface area contributed by atoms with Crippen LogP contribution in [0.3, 0.4) is 0 Å². The summed E-state index contributed by atoms with van der Waals surface area (Å²) >= 11 is 1.09. The van der Waals surface area contributed by atoms with Crippen LogP contribution in [0.15, 0.2) is 24.5 Å². The van der Waals surface area contributed by atoms with Crippen LogP contribution >= 0.6 is 12.1 Å². The number of carbonyl (C=O) groups is 1. The Bertz CT molecular complexity index is 402. The van der Waals surface area contributed by atoms with Crippen LogP contribution in [0.5, 0.6) is 0 Å². The highest BCUT2D eigenvalue weighted by molar-refractivity contribution is 7.96. The molecule has 0 aliphatic heterocycles. The summed E-state index contributed by atoms with van der Waals surface area (Å²) in [5, 5.41) is 7.72.